The highest BCUT2D eigenvalue weighted by atomic mass is 14.8. The summed E-state index contributed by atoms with van der Waals surface area (Å²) in [7, 11) is 0. The van der Waals surface area contributed by atoms with Crippen molar-refractivity contribution in [2.24, 2.45) is 0 Å². The van der Waals surface area contributed by atoms with Crippen LogP contribution in [0.15, 0.2) is 36.7 Å². The number of rotatable bonds is 2. The predicted molar refractivity (Wildman–Crippen MR) is 51.4 cm³/mol. The number of nitrogens with zero attached hydrogens (tertiary/aromatic N) is 1. The Kier molecular flexibility index (Phi) is 1.86. The van der Waals surface area contributed by atoms with Crippen molar-refractivity contribution in [2.75, 3.05) is 0 Å². The van der Waals surface area contributed by atoms with Gasteiger partial charge in [-0.15, -0.1) is 0 Å². The van der Waals surface area contributed by atoms with Crippen LogP contribution in [0.2, 0.25) is 0 Å². The summed E-state index contributed by atoms with van der Waals surface area (Å²) in [6, 6.07) is 8.52. The van der Waals surface area contributed by atoms with E-state index in [1.807, 2.05) is 0 Å². The van der Waals surface area contributed by atoms with E-state index >= 15 is 0 Å². The number of hydrogen-bond acceptors (Lipinski definition) is 0. The number of aryl methyl sites for hydroxylation is 1. The Labute approximate surface area is 72.6 Å². The molecule has 0 atom stereocenters. The first kappa shape index (κ1) is 7.41. The van der Waals surface area contributed by atoms with E-state index < -0.39 is 0 Å². The molecule has 0 spiro atoms. The lowest BCUT2D eigenvalue weighted by Gasteiger charge is -1.89. The maximum atomic E-state index is 2.25. The van der Waals surface area contributed by atoms with E-state index in [0.717, 1.165) is 0 Å². The molecule has 1 nitrogen and oxygen atoms in total. The molecule has 2 rings (SSSR count). The van der Waals surface area contributed by atoms with Crippen molar-refractivity contribution in [1.29, 1.82) is 0 Å². The summed E-state index contributed by atoms with van der Waals surface area (Å²) in [4.78, 5) is 0. The maximum Gasteiger partial charge on any atom is 0.0452 e. The summed E-state index contributed by atoms with van der Waals surface area (Å²) in [5.41, 5.74) is 2.73. The molecule has 62 valence electrons. The van der Waals surface area contributed by atoms with Gasteiger partial charge in [0.1, 0.15) is 0 Å². The Balaban J connectivity index is 2.47. The van der Waals surface area contributed by atoms with Gasteiger partial charge in [-0.3, -0.25) is 0 Å². The van der Waals surface area contributed by atoms with Crippen LogP contribution in [-0.4, -0.2) is 4.40 Å². The number of pyridine rings is 1. The molecule has 0 saturated heterocycles. The van der Waals surface area contributed by atoms with E-state index in [9.17, 15) is 0 Å². The van der Waals surface area contributed by atoms with Crippen LogP contribution < -0.4 is 0 Å². The molecule has 12 heavy (non-hydrogen) atoms. The Morgan fingerprint density at radius 1 is 1.33 bits per heavy atom. The molecule has 0 aliphatic carbocycles. The van der Waals surface area contributed by atoms with Gasteiger partial charge in [0.25, 0.3) is 0 Å². The number of hydrogen-bond donors (Lipinski definition) is 0. The molecular formula is C11H13N. The van der Waals surface area contributed by atoms with Gasteiger partial charge in [-0.05, 0) is 30.2 Å². The van der Waals surface area contributed by atoms with Gasteiger partial charge in [0.05, 0.1) is 0 Å². The number of fused-ring (bicyclic) bond motifs is 1. The molecule has 0 fully saturated rings. The maximum absolute atomic E-state index is 2.25. The van der Waals surface area contributed by atoms with Crippen LogP contribution in [0.1, 0.15) is 18.9 Å². The van der Waals surface area contributed by atoms with Crippen LogP contribution in [-0.2, 0) is 6.42 Å². The van der Waals surface area contributed by atoms with Gasteiger partial charge < -0.3 is 4.40 Å². The second-order valence-corrected chi connectivity index (χ2v) is 3.13. The summed E-state index contributed by atoms with van der Waals surface area (Å²) >= 11 is 0. The van der Waals surface area contributed by atoms with Crippen LogP contribution in [0, 0.1) is 0 Å². The van der Waals surface area contributed by atoms with Gasteiger partial charge in [0, 0.05) is 17.9 Å². The zero-order valence-corrected chi connectivity index (χ0v) is 7.33. The first-order chi connectivity index (χ1) is 5.90. The smallest absolute Gasteiger partial charge is 0.0452 e. The van der Waals surface area contributed by atoms with Gasteiger partial charge in [-0.2, -0.15) is 0 Å². The van der Waals surface area contributed by atoms with Gasteiger partial charge in [-0.25, -0.2) is 0 Å². The molecule has 0 aliphatic rings. The first-order valence-electron chi connectivity index (χ1n) is 4.46. The molecule has 0 unspecified atom stereocenters. The first-order valence-corrected chi connectivity index (χ1v) is 4.46. The molecule has 0 bridgehead atoms. The third-order valence-corrected chi connectivity index (χ3v) is 2.10. The van der Waals surface area contributed by atoms with Crippen LogP contribution in [0.3, 0.4) is 0 Å². The lowest BCUT2D eigenvalue weighted by molar-refractivity contribution is 0.920. The highest BCUT2D eigenvalue weighted by Crippen LogP contribution is 2.10. The number of aromatic nitrogens is 1. The fraction of sp³-hybridized carbons (Fsp3) is 0.273. The van der Waals surface area contributed by atoms with Crippen LogP contribution in [0.5, 0.6) is 0 Å². The molecule has 2 aromatic rings. The van der Waals surface area contributed by atoms with E-state index in [0.29, 0.717) is 0 Å². The summed E-state index contributed by atoms with van der Waals surface area (Å²) in [6.07, 6.45) is 6.70. The molecular weight excluding hydrogens is 146 g/mol. The molecule has 0 amide bonds. The van der Waals surface area contributed by atoms with Crippen molar-refractivity contribution >= 4 is 5.52 Å². The summed E-state index contributed by atoms with van der Waals surface area (Å²) in [6.45, 7) is 2.21. The Morgan fingerprint density at radius 3 is 3.00 bits per heavy atom. The highest BCUT2D eigenvalue weighted by molar-refractivity contribution is 5.50. The second kappa shape index (κ2) is 3.02. The van der Waals surface area contributed by atoms with Crippen molar-refractivity contribution in [3.8, 4) is 0 Å². The zero-order chi connectivity index (χ0) is 8.39. The lowest BCUT2D eigenvalue weighted by atomic mass is 10.2. The minimum atomic E-state index is 1.18. The SMILES string of the molecule is CCCc1cc2ccccn2c1. The third kappa shape index (κ3) is 1.22. The molecule has 0 saturated carbocycles. The predicted octanol–water partition coefficient (Wildman–Crippen LogP) is 2.89. The fourth-order valence-electron chi connectivity index (χ4n) is 1.54. The van der Waals surface area contributed by atoms with Crippen molar-refractivity contribution in [3.05, 3.63) is 42.2 Å². The van der Waals surface area contributed by atoms with Crippen molar-refractivity contribution < 1.29 is 0 Å². The average molecular weight is 159 g/mol. The molecule has 2 heterocycles. The van der Waals surface area contributed by atoms with Crippen LogP contribution >= 0.6 is 0 Å². The molecule has 1 heteroatoms. The summed E-state index contributed by atoms with van der Waals surface area (Å²) in [5, 5.41) is 0. The van der Waals surface area contributed by atoms with Crippen molar-refractivity contribution in [2.45, 2.75) is 19.8 Å². The molecule has 0 radical (unpaired) electrons. The van der Waals surface area contributed by atoms with Crippen LogP contribution in [0.25, 0.3) is 5.52 Å². The molecule has 0 aromatic carbocycles. The summed E-state index contributed by atoms with van der Waals surface area (Å²) < 4.78 is 2.17. The van der Waals surface area contributed by atoms with Crippen LogP contribution in [0.4, 0.5) is 0 Å². The Morgan fingerprint density at radius 2 is 2.25 bits per heavy atom. The minimum Gasteiger partial charge on any atom is -0.324 e. The second-order valence-electron chi connectivity index (χ2n) is 3.13. The van der Waals surface area contributed by atoms with Gasteiger partial charge in [-0.1, -0.05) is 19.4 Å². The molecule has 0 N–H and O–H groups in total. The third-order valence-electron chi connectivity index (χ3n) is 2.10. The topological polar surface area (TPSA) is 4.41 Å². The average Bonchev–Trinajstić information content (AvgIpc) is 2.47. The highest BCUT2D eigenvalue weighted by Gasteiger charge is 1.95. The van der Waals surface area contributed by atoms with Gasteiger partial charge >= 0.3 is 0 Å². The van der Waals surface area contributed by atoms with Gasteiger partial charge in [0.15, 0.2) is 0 Å². The van der Waals surface area contributed by atoms with E-state index in [1.165, 1.54) is 23.9 Å². The largest absolute Gasteiger partial charge is 0.324 e. The monoisotopic (exact) mass is 159 g/mol. The van der Waals surface area contributed by atoms with E-state index in [4.69, 9.17) is 0 Å². The molecule has 2 aromatic heterocycles. The summed E-state index contributed by atoms with van der Waals surface area (Å²) in [5.74, 6) is 0. The normalized spacial score (nSPS) is 10.8. The van der Waals surface area contributed by atoms with Gasteiger partial charge in [0.2, 0.25) is 0 Å². The molecule has 0 aliphatic heterocycles. The van der Waals surface area contributed by atoms with Crippen molar-refractivity contribution in [1.82, 2.24) is 4.40 Å². The van der Waals surface area contributed by atoms with E-state index in [-0.39, 0.29) is 0 Å². The lowest BCUT2D eigenvalue weighted by Crippen LogP contribution is -1.78. The standard InChI is InChI=1S/C11H13N/c1-2-5-10-8-11-6-3-4-7-12(11)9-10/h3-4,6-9H,2,5H2,1H3. The minimum absolute atomic E-state index is 1.18. The zero-order valence-electron chi connectivity index (χ0n) is 7.33. The van der Waals surface area contributed by atoms with E-state index in [1.54, 1.807) is 0 Å². The Hall–Kier alpha value is -1.24. The quantitative estimate of drug-likeness (QED) is 0.634. The van der Waals surface area contributed by atoms with E-state index in [2.05, 4.69) is 48.0 Å². The Bertz CT molecular complexity index is 340. The van der Waals surface area contributed by atoms with Crippen molar-refractivity contribution in [3.63, 3.8) is 0 Å². The fourth-order valence-corrected chi connectivity index (χ4v) is 1.54.